The van der Waals surface area contributed by atoms with Crippen molar-refractivity contribution in [3.05, 3.63) is 74.3 Å². The largest absolute Gasteiger partial charge is 0.508 e. The predicted molar refractivity (Wildman–Crippen MR) is 95.3 cm³/mol. The Labute approximate surface area is 147 Å². The molecule has 2 aromatic carbocycles. The van der Waals surface area contributed by atoms with Crippen LogP contribution in [-0.4, -0.2) is 10.0 Å². The van der Waals surface area contributed by atoms with Crippen LogP contribution in [0.4, 0.5) is 11.4 Å². The van der Waals surface area contributed by atoms with E-state index in [-0.39, 0.29) is 29.3 Å². The van der Waals surface area contributed by atoms with Gasteiger partial charge in [0.05, 0.1) is 11.0 Å². The number of aromatic hydroxyl groups is 1. The Morgan fingerprint density at radius 2 is 2.04 bits per heavy atom. The summed E-state index contributed by atoms with van der Waals surface area (Å²) in [7, 11) is 0. The average molecular weight is 387 g/mol. The van der Waals surface area contributed by atoms with E-state index >= 15 is 0 Å². The molecule has 0 amide bonds. The van der Waals surface area contributed by atoms with Crippen LogP contribution in [0.5, 0.6) is 5.75 Å². The molecule has 1 heterocycles. The summed E-state index contributed by atoms with van der Waals surface area (Å²) in [5, 5.41) is 24.9. The van der Waals surface area contributed by atoms with Crippen molar-refractivity contribution in [2.75, 3.05) is 5.32 Å². The molecule has 6 heteroatoms. The predicted octanol–water partition coefficient (Wildman–Crippen LogP) is 4.89. The maximum atomic E-state index is 11.1. The quantitative estimate of drug-likeness (QED) is 0.437. The molecule has 0 aromatic heterocycles. The lowest BCUT2D eigenvalue weighted by atomic mass is 9.77. The van der Waals surface area contributed by atoms with Gasteiger partial charge in [-0.25, -0.2) is 0 Å². The Bertz CT molecular complexity index is 865. The van der Waals surface area contributed by atoms with Gasteiger partial charge in [-0.05, 0) is 42.2 Å². The van der Waals surface area contributed by atoms with Gasteiger partial charge < -0.3 is 10.4 Å². The van der Waals surface area contributed by atoms with E-state index in [4.69, 9.17) is 0 Å². The number of phenolic OH excluding ortho intramolecular Hbond substituents is 1. The number of benzene rings is 2. The van der Waals surface area contributed by atoms with Crippen molar-refractivity contribution in [3.63, 3.8) is 0 Å². The number of nitro benzene ring substituents is 1. The van der Waals surface area contributed by atoms with Gasteiger partial charge in [0.1, 0.15) is 5.75 Å². The van der Waals surface area contributed by atoms with E-state index in [0.717, 1.165) is 16.6 Å². The lowest BCUT2D eigenvalue weighted by Crippen LogP contribution is -2.29. The number of allylic oxidation sites excluding steroid dienone is 2. The first-order valence-electron chi connectivity index (χ1n) is 7.74. The molecule has 0 bridgehead atoms. The Morgan fingerprint density at radius 3 is 2.83 bits per heavy atom. The topological polar surface area (TPSA) is 75.4 Å². The molecular weight excluding hydrogens is 372 g/mol. The Morgan fingerprint density at radius 1 is 1.21 bits per heavy atom. The maximum Gasteiger partial charge on any atom is 0.270 e. The first-order valence-corrected chi connectivity index (χ1v) is 8.54. The van der Waals surface area contributed by atoms with Crippen molar-refractivity contribution in [3.8, 4) is 5.75 Å². The molecule has 3 unspecified atom stereocenters. The molecule has 24 heavy (non-hydrogen) atoms. The molecule has 3 atom stereocenters. The van der Waals surface area contributed by atoms with Crippen LogP contribution >= 0.6 is 15.9 Å². The number of halogens is 1. The first-order chi connectivity index (χ1) is 11.5. The van der Waals surface area contributed by atoms with Gasteiger partial charge in [0.25, 0.3) is 5.69 Å². The second-order valence-electron chi connectivity index (χ2n) is 6.21. The van der Waals surface area contributed by atoms with Gasteiger partial charge in [0.15, 0.2) is 0 Å². The standard InChI is InChI=1S/C18H15BrN2O3/c19-10-4-6-16-14(8-10)12-2-1-3-13(12)18(20-16)15-9-11(21(23)24)5-7-17(15)22/h1-2,4-9,12-13,18,20,22H,3H2. The van der Waals surface area contributed by atoms with E-state index < -0.39 is 4.92 Å². The normalized spacial score (nSPS) is 24.1. The number of anilines is 1. The fraction of sp³-hybridized carbons (Fsp3) is 0.222. The molecule has 5 nitrogen and oxygen atoms in total. The number of phenols is 1. The number of hydrogen-bond donors (Lipinski definition) is 2. The highest BCUT2D eigenvalue weighted by atomic mass is 79.9. The van der Waals surface area contributed by atoms with Crippen LogP contribution in [0.15, 0.2) is 53.0 Å². The van der Waals surface area contributed by atoms with Crippen LogP contribution in [0.3, 0.4) is 0 Å². The van der Waals surface area contributed by atoms with Crippen molar-refractivity contribution >= 4 is 27.3 Å². The summed E-state index contributed by atoms with van der Waals surface area (Å²) in [5.41, 5.74) is 2.79. The third-order valence-electron chi connectivity index (χ3n) is 4.88. The fourth-order valence-corrected chi connectivity index (χ4v) is 4.16. The fourth-order valence-electron chi connectivity index (χ4n) is 3.78. The molecular formula is C18H15BrN2O3. The number of fused-ring (bicyclic) bond motifs is 3. The van der Waals surface area contributed by atoms with Crippen LogP contribution < -0.4 is 5.32 Å². The van der Waals surface area contributed by atoms with Crippen molar-refractivity contribution in [2.45, 2.75) is 18.4 Å². The minimum atomic E-state index is -0.429. The van der Waals surface area contributed by atoms with E-state index in [0.29, 0.717) is 5.56 Å². The monoisotopic (exact) mass is 386 g/mol. The van der Waals surface area contributed by atoms with Crippen molar-refractivity contribution < 1.29 is 10.0 Å². The van der Waals surface area contributed by atoms with Gasteiger partial charge in [0, 0.05) is 33.8 Å². The number of nitro groups is 1. The van der Waals surface area contributed by atoms with Gasteiger partial charge in [-0.2, -0.15) is 0 Å². The molecule has 122 valence electrons. The molecule has 0 radical (unpaired) electrons. The zero-order valence-electron chi connectivity index (χ0n) is 12.6. The highest BCUT2D eigenvalue weighted by Crippen LogP contribution is 2.51. The third kappa shape index (κ3) is 2.38. The third-order valence-corrected chi connectivity index (χ3v) is 5.38. The summed E-state index contributed by atoms with van der Waals surface area (Å²) in [5.74, 6) is 0.548. The number of nitrogens with zero attached hydrogens (tertiary/aromatic N) is 1. The molecule has 4 rings (SSSR count). The van der Waals surface area contributed by atoms with Crippen LogP contribution in [0.1, 0.15) is 29.5 Å². The SMILES string of the molecule is O=[N+]([O-])c1ccc(O)c(C2Nc3ccc(Br)cc3C3C=CCC32)c1. The molecule has 0 saturated carbocycles. The summed E-state index contributed by atoms with van der Waals surface area (Å²) in [6, 6.07) is 10.1. The molecule has 0 fully saturated rings. The first kappa shape index (κ1) is 15.2. The van der Waals surface area contributed by atoms with E-state index in [2.05, 4.69) is 39.5 Å². The molecule has 0 spiro atoms. The second kappa shape index (κ2) is 5.63. The number of nitrogens with one attached hydrogen (secondary N) is 1. The van der Waals surface area contributed by atoms with E-state index in [9.17, 15) is 15.2 Å². The molecule has 2 aromatic rings. The molecule has 1 aliphatic heterocycles. The number of hydrogen-bond acceptors (Lipinski definition) is 4. The molecule has 2 aliphatic rings. The zero-order valence-corrected chi connectivity index (χ0v) is 14.2. The van der Waals surface area contributed by atoms with Gasteiger partial charge in [0.2, 0.25) is 0 Å². The second-order valence-corrected chi connectivity index (χ2v) is 7.12. The van der Waals surface area contributed by atoms with Gasteiger partial charge in [-0.1, -0.05) is 28.1 Å². The van der Waals surface area contributed by atoms with Crippen LogP contribution in [0, 0.1) is 16.0 Å². The maximum absolute atomic E-state index is 11.1. The summed E-state index contributed by atoms with van der Waals surface area (Å²) < 4.78 is 1.03. The Balaban J connectivity index is 1.81. The minimum Gasteiger partial charge on any atom is -0.508 e. The number of rotatable bonds is 2. The smallest absolute Gasteiger partial charge is 0.270 e. The highest BCUT2D eigenvalue weighted by molar-refractivity contribution is 9.10. The Kier molecular flexibility index (Phi) is 3.57. The van der Waals surface area contributed by atoms with Crippen LogP contribution in [0.25, 0.3) is 0 Å². The van der Waals surface area contributed by atoms with E-state index in [1.807, 2.05) is 12.1 Å². The lowest BCUT2D eigenvalue weighted by molar-refractivity contribution is -0.385. The van der Waals surface area contributed by atoms with Gasteiger partial charge >= 0.3 is 0 Å². The van der Waals surface area contributed by atoms with Crippen LogP contribution in [-0.2, 0) is 0 Å². The van der Waals surface area contributed by atoms with E-state index in [1.54, 1.807) is 0 Å². The average Bonchev–Trinajstić information content (AvgIpc) is 3.04. The van der Waals surface area contributed by atoms with E-state index in [1.165, 1.54) is 23.8 Å². The Hall–Kier alpha value is -2.34. The van der Waals surface area contributed by atoms with Crippen molar-refractivity contribution in [1.82, 2.24) is 0 Å². The van der Waals surface area contributed by atoms with Gasteiger partial charge in [-0.15, -0.1) is 0 Å². The zero-order chi connectivity index (χ0) is 16.8. The summed E-state index contributed by atoms with van der Waals surface area (Å²) in [6.07, 6.45) is 5.21. The van der Waals surface area contributed by atoms with Crippen molar-refractivity contribution in [1.29, 1.82) is 0 Å². The summed E-state index contributed by atoms with van der Waals surface area (Å²) in [4.78, 5) is 10.7. The molecule has 2 N–H and O–H groups in total. The summed E-state index contributed by atoms with van der Waals surface area (Å²) in [6.45, 7) is 0. The number of non-ortho nitro benzene ring substituents is 1. The summed E-state index contributed by atoms with van der Waals surface area (Å²) >= 11 is 3.52. The highest BCUT2D eigenvalue weighted by Gasteiger charge is 2.39. The minimum absolute atomic E-state index is 0.00582. The molecule has 0 saturated heterocycles. The van der Waals surface area contributed by atoms with Crippen LogP contribution in [0.2, 0.25) is 0 Å². The lowest BCUT2D eigenvalue weighted by Gasteiger charge is -2.37. The van der Waals surface area contributed by atoms with Gasteiger partial charge in [-0.3, -0.25) is 10.1 Å². The van der Waals surface area contributed by atoms with Crippen molar-refractivity contribution in [2.24, 2.45) is 5.92 Å². The molecule has 1 aliphatic carbocycles.